The smallest absolute Gasteiger partial charge is 0.317 e. The summed E-state index contributed by atoms with van der Waals surface area (Å²) >= 11 is 0. The van der Waals surface area contributed by atoms with Gasteiger partial charge in [-0.3, -0.25) is 4.79 Å². The lowest BCUT2D eigenvalue weighted by molar-refractivity contribution is 0.0996. The van der Waals surface area contributed by atoms with E-state index in [2.05, 4.69) is 10.6 Å². The molecule has 1 aromatic heterocycles. The number of amides is 3. The van der Waals surface area contributed by atoms with E-state index in [-0.39, 0.29) is 17.7 Å². The predicted molar refractivity (Wildman–Crippen MR) is 107 cm³/mol. The Morgan fingerprint density at radius 3 is 2.71 bits per heavy atom. The molecule has 28 heavy (non-hydrogen) atoms. The molecule has 148 valence electrons. The van der Waals surface area contributed by atoms with Crippen molar-refractivity contribution in [3.8, 4) is 0 Å². The number of anilines is 1. The molecule has 2 aromatic rings. The Morgan fingerprint density at radius 2 is 1.93 bits per heavy atom. The van der Waals surface area contributed by atoms with E-state index >= 15 is 0 Å². The van der Waals surface area contributed by atoms with Crippen LogP contribution < -0.4 is 10.6 Å². The van der Waals surface area contributed by atoms with Crippen LogP contribution in [0.5, 0.6) is 0 Å². The highest BCUT2D eigenvalue weighted by Gasteiger charge is 2.35. The minimum absolute atomic E-state index is 0.0272. The van der Waals surface area contributed by atoms with Gasteiger partial charge in [-0.2, -0.15) is 0 Å². The summed E-state index contributed by atoms with van der Waals surface area (Å²) in [5.74, 6) is 0.654. The maximum atomic E-state index is 12.7. The standard InChI is InChI=1S/C22H27N3O3/c26-21(20-11-5-13-28-20)24-18-9-3-6-16(14-18)15-23-22(27)25-12-4-10-19(25)17-7-1-2-8-17/h3,5-6,9,11,13-14,17,19H,1-2,4,7-8,10,12,15H2,(H,23,27)(H,24,26). The minimum Gasteiger partial charge on any atom is -0.459 e. The Hall–Kier alpha value is -2.76. The monoisotopic (exact) mass is 381 g/mol. The third kappa shape index (κ3) is 4.21. The van der Waals surface area contributed by atoms with Gasteiger partial charge in [-0.15, -0.1) is 0 Å². The van der Waals surface area contributed by atoms with E-state index in [1.54, 1.807) is 12.1 Å². The van der Waals surface area contributed by atoms with Crippen LogP contribution >= 0.6 is 0 Å². The molecule has 2 fully saturated rings. The Balaban J connectivity index is 1.33. The lowest BCUT2D eigenvalue weighted by Crippen LogP contribution is -2.45. The third-order valence-electron chi connectivity index (χ3n) is 5.88. The van der Waals surface area contributed by atoms with Gasteiger partial charge >= 0.3 is 6.03 Å². The summed E-state index contributed by atoms with van der Waals surface area (Å²) in [5, 5.41) is 5.87. The second-order valence-electron chi connectivity index (χ2n) is 7.74. The van der Waals surface area contributed by atoms with Crippen molar-refractivity contribution in [1.29, 1.82) is 0 Å². The SMILES string of the molecule is O=C(Nc1cccc(CNC(=O)N2CCCC2C2CCCC2)c1)c1ccco1. The van der Waals surface area contributed by atoms with Crippen molar-refractivity contribution < 1.29 is 14.0 Å². The Labute approximate surface area is 165 Å². The molecule has 3 amide bonds. The topological polar surface area (TPSA) is 74.6 Å². The number of rotatable bonds is 5. The fraction of sp³-hybridized carbons (Fsp3) is 0.455. The molecule has 1 aliphatic heterocycles. The van der Waals surface area contributed by atoms with E-state index in [9.17, 15) is 9.59 Å². The largest absolute Gasteiger partial charge is 0.459 e. The molecule has 1 unspecified atom stereocenters. The lowest BCUT2D eigenvalue weighted by Gasteiger charge is -2.29. The Bertz CT molecular complexity index is 812. The molecule has 2 heterocycles. The van der Waals surface area contributed by atoms with Crippen LogP contribution in [0.1, 0.15) is 54.6 Å². The number of furan rings is 1. The molecule has 1 aliphatic carbocycles. The maximum Gasteiger partial charge on any atom is 0.317 e. The average molecular weight is 381 g/mol. The first kappa shape index (κ1) is 18.6. The zero-order chi connectivity index (χ0) is 19.3. The number of likely N-dealkylation sites (tertiary alicyclic amines) is 1. The van der Waals surface area contributed by atoms with Gasteiger partial charge in [0.15, 0.2) is 5.76 Å². The molecular formula is C22H27N3O3. The first-order valence-corrected chi connectivity index (χ1v) is 10.2. The number of nitrogens with zero attached hydrogens (tertiary/aromatic N) is 1. The van der Waals surface area contributed by atoms with Gasteiger partial charge in [0.1, 0.15) is 0 Å². The lowest BCUT2D eigenvalue weighted by atomic mass is 9.96. The van der Waals surface area contributed by atoms with E-state index in [0.717, 1.165) is 24.9 Å². The highest BCUT2D eigenvalue weighted by Crippen LogP contribution is 2.35. The molecule has 1 saturated carbocycles. The van der Waals surface area contributed by atoms with Gasteiger partial charge in [-0.05, 0) is 61.4 Å². The fourth-order valence-corrected chi connectivity index (χ4v) is 4.52. The van der Waals surface area contributed by atoms with Gasteiger partial charge in [0.05, 0.1) is 6.26 Å². The number of carbonyl (C=O) groups is 2. The average Bonchev–Trinajstić information content (AvgIpc) is 3.48. The summed E-state index contributed by atoms with van der Waals surface area (Å²) in [6.07, 6.45) is 8.81. The van der Waals surface area contributed by atoms with Crippen LogP contribution in [0.2, 0.25) is 0 Å². The van der Waals surface area contributed by atoms with Crippen molar-refractivity contribution in [2.24, 2.45) is 5.92 Å². The van der Waals surface area contributed by atoms with Crippen LogP contribution in [0.25, 0.3) is 0 Å². The molecule has 6 nitrogen and oxygen atoms in total. The maximum absolute atomic E-state index is 12.7. The van der Waals surface area contributed by atoms with E-state index < -0.39 is 0 Å². The molecule has 6 heteroatoms. The van der Waals surface area contributed by atoms with Crippen LogP contribution in [0.4, 0.5) is 10.5 Å². The number of hydrogen-bond acceptors (Lipinski definition) is 3. The zero-order valence-corrected chi connectivity index (χ0v) is 16.0. The second-order valence-corrected chi connectivity index (χ2v) is 7.74. The molecule has 0 bridgehead atoms. The van der Waals surface area contributed by atoms with Crippen molar-refractivity contribution in [2.75, 3.05) is 11.9 Å². The molecule has 1 aromatic carbocycles. The normalized spacial score (nSPS) is 19.7. The summed E-state index contributed by atoms with van der Waals surface area (Å²) < 4.78 is 5.11. The molecule has 1 atom stereocenters. The van der Waals surface area contributed by atoms with Crippen molar-refractivity contribution in [2.45, 2.75) is 51.1 Å². The van der Waals surface area contributed by atoms with Crippen molar-refractivity contribution in [3.05, 3.63) is 54.0 Å². The first-order valence-electron chi connectivity index (χ1n) is 10.2. The molecule has 4 rings (SSSR count). The molecule has 0 radical (unpaired) electrons. The molecular weight excluding hydrogens is 354 g/mol. The fourth-order valence-electron chi connectivity index (χ4n) is 4.52. The minimum atomic E-state index is -0.289. The van der Waals surface area contributed by atoms with E-state index in [4.69, 9.17) is 4.42 Å². The highest BCUT2D eigenvalue weighted by molar-refractivity contribution is 6.02. The summed E-state index contributed by atoms with van der Waals surface area (Å²) in [4.78, 5) is 26.9. The summed E-state index contributed by atoms with van der Waals surface area (Å²) in [6.45, 7) is 1.30. The van der Waals surface area contributed by atoms with Gasteiger partial charge in [0, 0.05) is 24.8 Å². The molecule has 1 saturated heterocycles. The van der Waals surface area contributed by atoms with Gasteiger partial charge < -0.3 is 20.0 Å². The van der Waals surface area contributed by atoms with Crippen molar-refractivity contribution >= 4 is 17.6 Å². The first-order chi connectivity index (χ1) is 13.7. The molecule has 2 aliphatic rings. The van der Waals surface area contributed by atoms with Crippen molar-refractivity contribution in [3.63, 3.8) is 0 Å². The van der Waals surface area contributed by atoms with E-state index in [1.807, 2.05) is 29.2 Å². The Kier molecular flexibility index (Phi) is 5.65. The predicted octanol–water partition coefficient (Wildman–Crippen LogP) is 4.40. The van der Waals surface area contributed by atoms with Crippen molar-refractivity contribution in [1.82, 2.24) is 10.2 Å². The molecule has 0 spiro atoms. The van der Waals surface area contributed by atoms with Crippen LogP contribution in [0.3, 0.4) is 0 Å². The number of carbonyl (C=O) groups excluding carboxylic acids is 2. The van der Waals surface area contributed by atoms with E-state index in [1.165, 1.54) is 31.9 Å². The second kappa shape index (κ2) is 8.50. The van der Waals surface area contributed by atoms with Gasteiger partial charge in [0.2, 0.25) is 0 Å². The van der Waals surface area contributed by atoms with Gasteiger partial charge in [-0.25, -0.2) is 4.79 Å². The third-order valence-corrected chi connectivity index (χ3v) is 5.88. The molecule has 2 N–H and O–H groups in total. The summed E-state index contributed by atoms with van der Waals surface area (Å²) in [7, 11) is 0. The van der Waals surface area contributed by atoms with Crippen LogP contribution in [0.15, 0.2) is 47.1 Å². The van der Waals surface area contributed by atoms with E-state index in [0.29, 0.717) is 24.2 Å². The Morgan fingerprint density at radius 1 is 1.07 bits per heavy atom. The number of urea groups is 1. The number of nitrogens with one attached hydrogen (secondary N) is 2. The number of benzene rings is 1. The quantitative estimate of drug-likeness (QED) is 0.806. The summed E-state index contributed by atoms with van der Waals surface area (Å²) in [6, 6.07) is 11.2. The zero-order valence-electron chi connectivity index (χ0n) is 16.0. The van der Waals surface area contributed by atoms with Gasteiger partial charge in [0.25, 0.3) is 5.91 Å². The van der Waals surface area contributed by atoms with Crippen LogP contribution in [-0.4, -0.2) is 29.4 Å². The number of hydrogen-bond donors (Lipinski definition) is 2. The summed E-state index contributed by atoms with van der Waals surface area (Å²) in [5.41, 5.74) is 1.63. The van der Waals surface area contributed by atoms with Gasteiger partial charge in [-0.1, -0.05) is 25.0 Å². The van der Waals surface area contributed by atoms with Crippen LogP contribution in [0, 0.1) is 5.92 Å². The highest BCUT2D eigenvalue weighted by atomic mass is 16.3. The van der Waals surface area contributed by atoms with Crippen LogP contribution in [-0.2, 0) is 6.54 Å².